The minimum Gasteiger partial charge on any atom is -0.493 e. The molecule has 3 rings (SSSR count). The molecule has 2 aromatic rings. The number of hydrogen-bond acceptors (Lipinski definition) is 6. The van der Waals surface area contributed by atoms with E-state index in [0.717, 1.165) is 0 Å². The predicted octanol–water partition coefficient (Wildman–Crippen LogP) is 2.20. The smallest absolute Gasteiger partial charge is 0.161 e. The fourth-order valence-electron chi connectivity index (χ4n) is 3.10. The number of hydrogen-bond donors (Lipinski definition) is 2. The van der Waals surface area contributed by atoms with Crippen LogP contribution in [0.1, 0.15) is 34.5 Å². The number of aliphatic hydroxyl groups is 2. The van der Waals surface area contributed by atoms with Crippen LogP contribution in [0, 0.1) is 0 Å². The van der Waals surface area contributed by atoms with Gasteiger partial charge in [0.05, 0.1) is 28.4 Å². The Morgan fingerprint density at radius 2 is 0.750 bits per heavy atom. The molecule has 24 heavy (non-hydrogen) atoms. The first-order chi connectivity index (χ1) is 11.5. The lowest BCUT2D eigenvalue weighted by molar-refractivity contribution is 0.171. The molecule has 1 aliphatic rings. The van der Waals surface area contributed by atoms with Gasteiger partial charge < -0.3 is 29.2 Å². The van der Waals surface area contributed by atoms with Gasteiger partial charge in [0.1, 0.15) is 12.2 Å². The summed E-state index contributed by atoms with van der Waals surface area (Å²) in [4.78, 5) is 0. The summed E-state index contributed by atoms with van der Waals surface area (Å²) in [6.07, 6.45) is -1.84. The van der Waals surface area contributed by atoms with E-state index < -0.39 is 12.2 Å². The first-order valence-corrected chi connectivity index (χ1v) is 7.43. The Balaban J connectivity index is 2.21. The van der Waals surface area contributed by atoms with Crippen LogP contribution in [0.25, 0.3) is 0 Å². The maximum absolute atomic E-state index is 10.8. The molecule has 0 fully saturated rings. The number of ether oxygens (including phenoxy) is 4. The molecule has 6 heteroatoms. The van der Waals surface area contributed by atoms with Crippen LogP contribution in [0.5, 0.6) is 23.0 Å². The zero-order chi connectivity index (χ0) is 17.4. The molecule has 2 N–H and O–H groups in total. The van der Waals surface area contributed by atoms with Crippen LogP contribution in [0.2, 0.25) is 0 Å². The third-order valence-corrected chi connectivity index (χ3v) is 4.36. The van der Waals surface area contributed by atoms with Crippen molar-refractivity contribution in [2.75, 3.05) is 28.4 Å². The fraction of sp³-hybridized carbons (Fsp3) is 0.333. The van der Waals surface area contributed by atoms with Crippen molar-refractivity contribution in [3.63, 3.8) is 0 Å². The van der Waals surface area contributed by atoms with Crippen molar-refractivity contribution in [1.29, 1.82) is 0 Å². The van der Waals surface area contributed by atoms with E-state index in [1.165, 1.54) is 28.4 Å². The van der Waals surface area contributed by atoms with Crippen molar-refractivity contribution in [1.82, 2.24) is 0 Å². The Morgan fingerprint density at radius 3 is 0.917 bits per heavy atom. The lowest BCUT2D eigenvalue weighted by atomic mass is 9.81. The highest BCUT2D eigenvalue weighted by atomic mass is 16.5. The summed E-state index contributed by atoms with van der Waals surface area (Å²) in [6.45, 7) is 0. The number of rotatable bonds is 4. The maximum Gasteiger partial charge on any atom is 0.161 e. The molecular formula is C18H20O6. The molecule has 0 saturated heterocycles. The van der Waals surface area contributed by atoms with Gasteiger partial charge in [-0.05, 0) is 46.5 Å². The summed E-state index contributed by atoms with van der Waals surface area (Å²) in [5, 5.41) is 21.6. The molecular weight excluding hydrogens is 312 g/mol. The van der Waals surface area contributed by atoms with E-state index in [1.807, 2.05) is 0 Å². The molecule has 0 aromatic heterocycles. The highest BCUT2D eigenvalue weighted by Gasteiger charge is 2.33. The third kappa shape index (κ3) is 2.35. The van der Waals surface area contributed by atoms with Gasteiger partial charge in [-0.25, -0.2) is 0 Å². The van der Waals surface area contributed by atoms with Gasteiger partial charge in [-0.3, -0.25) is 0 Å². The van der Waals surface area contributed by atoms with Crippen molar-refractivity contribution < 1.29 is 29.2 Å². The Labute approximate surface area is 140 Å². The normalized spacial score (nSPS) is 18.4. The lowest BCUT2D eigenvalue weighted by Crippen LogP contribution is -2.18. The summed E-state index contributed by atoms with van der Waals surface area (Å²) in [5.74, 6) is 1.97. The van der Waals surface area contributed by atoms with E-state index in [4.69, 9.17) is 18.9 Å². The SMILES string of the molecule is COc1cc2c(cc1OC)C(O)c1cc(OC)c(OC)cc1C2O. The van der Waals surface area contributed by atoms with E-state index in [9.17, 15) is 10.2 Å². The molecule has 0 spiro atoms. The summed E-state index contributed by atoms with van der Waals surface area (Å²) >= 11 is 0. The molecule has 2 aromatic carbocycles. The van der Waals surface area contributed by atoms with E-state index in [-0.39, 0.29) is 0 Å². The molecule has 128 valence electrons. The molecule has 0 atom stereocenters. The van der Waals surface area contributed by atoms with Crippen LogP contribution in [0.3, 0.4) is 0 Å². The lowest BCUT2D eigenvalue weighted by Gasteiger charge is -2.30. The quantitative estimate of drug-likeness (QED) is 0.894. The number of benzene rings is 2. The molecule has 0 heterocycles. The second-order valence-electron chi connectivity index (χ2n) is 5.48. The maximum atomic E-state index is 10.8. The molecule has 0 bridgehead atoms. The molecule has 0 radical (unpaired) electrons. The van der Waals surface area contributed by atoms with Gasteiger partial charge in [0.25, 0.3) is 0 Å². The van der Waals surface area contributed by atoms with Gasteiger partial charge in [-0.15, -0.1) is 0 Å². The summed E-state index contributed by atoms with van der Waals surface area (Å²) in [6, 6.07) is 6.73. The first kappa shape index (κ1) is 16.4. The van der Waals surface area contributed by atoms with E-state index in [1.54, 1.807) is 24.3 Å². The van der Waals surface area contributed by atoms with Crippen molar-refractivity contribution >= 4 is 0 Å². The second kappa shape index (κ2) is 6.22. The van der Waals surface area contributed by atoms with Gasteiger partial charge in [0.2, 0.25) is 0 Å². The Bertz CT molecular complexity index is 643. The molecule has 1 aliphatic carbocycles. The van der Waals surface area contributed by atoms with E-state index >= 15 is 0 Å². The van der Waals surface area contributed by atoms with Crippen molar-refractivity contribution in [3.05, 3.63) is 46.5 Å². The zero-order valence-corrected chi connectivity index (χ0v) is 14.0. The van der Waals surface area contributed by atoms with Gasteiger partial charge in [0.15, 0.2) is 23.0 Å². The van der Waals surface area contributed by atoms with Crippen LogP contribution in [0.15, 0.2) is 24.3 Å². The summed E-state index contributed by atoms with van der Waals surface area (Å²) in [5.41, 5.74) is 2.28. The zero-order valence-electron chi connectivity index (χ0n) is 14.0. The number of aliphatic hydroxyl groups excluding tert-OH is 2. The summed E-state index contributed by atoms with van der Waals surface area (Å²) < 4.78 is 21.2. The number of methoxy groups -OCH3 is 4. The molecule has 0 amide bonds. The van der Waals surface area contributed by atoms with E-state index in [2.05, 4.69) is 0 Å². The van der Waals surface area contributed by atoms with Gasteiger partial charge in [0, 0.05) is 0 Å². The molecule has 0 saturated carbocycles. The minimum atomic E-state index is -0.919. The second-order valence-corrected chi connectivity index (χ2v) is 5.48. The Kier molecular flexibility index (Phi) is 4.26. The number of fused-ring (bicyclic) bond motifs is 2. The summed E-state index contributed by atoms with van der Waals surface area (Å²) in [7, 11) is 6.10. The minimum absolute atomic E-state index is 0.492. The molecule has 6 nitrogen and oxygen atoms in total. The average molecular weight is 332 g/mol. The monoisotopic (exact) mass is 332 g/mol. The topological polar surface area (TPSA) is 77.4 Å². The molecule has 0 unspecified atom stereocenters. The van der Waals surface area contributed by atoms with Crippen LogP contribution in [-0.2, 0) is 0 Å². The van der Waals surface area contributed by atoms with Gasteiger partial charge >= 0.3 is 0 Å². The van der Waals surface area contributed by atoms with Crippen LogP contribution >= 0.6 is 0 Å². The van der Waals surface area contributed by atoms with Crippen LogP contribution in [-0.4, -0.2) is 38.7 Å². The average Bonchev–Trinajstić information content (AvgIpc) is 2.63. The van der Waals surface area contributed by atoms with Crippen molar-refractivity contribution in [2.45, 2.75) is 12.2 Å². The Hall–Kier alpha value is -2.44. The van der Waals surface area contributed by atoms with Gasteiger partial charge in [-0.1, -0.05) is 0 Å². The molecule has 0 aliphatic heterocycles. The first-order valence-electron chi connectivity index (χ1n) is 7.43. The van der Waals surface area contributed by atoms with Gasteiger partial charge in [-0.2, -0.15) is 0 Å². The standard InChI is InChI=1S/C18H20O6/c1-21-13-5-9-10(6-14(13)22-2)18(20)12-8-16(24-4)15(23-3)7-11(12)17(9)19/h5-8,17-20H,1-4H3. The third-order valence-electron chi connectivity index (χ3n) is 4.36. The van der Waals surface area contributed by atoms with Crippen molar-refractivity contribution in [2.24, 2.45) is 0 Å². The highest BCUT2D eigenvalue weighted by Crippen LogP contribution is 2.47. The van der Waals surface area contributed by atoms with Crippen LogP contribution in [0.4, 0.5) is 0 Å². The largest absolute Gasteiger partial charge is 0.493 e. The van der Waals surface area contributed by atoms with Crippen molar-refractivity contribution in [3.8, 4) is 23.0 Å². The fourth-order valence-corrected chi connectivity index (χ4v) is 3.10. The Morgan fingerprint density at radius 1 is 0.542 bits per heavy atom. The van der Waals surface area contributed by atoms with Crippen LogP contribution < -0.4 is 18.9 Å². The highest BCUT2D eigenvalue weighted by molar-refractivity contribution is 5.60. The van der Waals surface area contributed by atoms with E-state index in [0.29, 0.717) is 45.3 Å². The predicted molar refractivity (Wildman–Crippen MR) is 87.2 cm³/mol.